The van der Waals surface area contributed by atoms with Crippen molar-refractivity contribution in [3.8, 4) is 0 Å². The molecule has 0 saturated carbocycles. The number of rotatable bonds is 6. The van der Waals surface area contributed by atoms with Crippen LogP contribution in [0.2, 0.25) is 0 Å². The molecule has 0 aromatic carbocycles. The van der Waals surface area contributed by atoms with Gasteiger partial charge in [-0.3, -0.25) is 9.59 Å². The van der Waals surface area contributed by atoms with Crippen LogP contribution in [0, 0.1) is 0 Å². The summed E-state index contributed by atoms with van der Waals surface area (Å²) in [6.07, 6.45) is 1.17. The molecule has 0 aromatic heterocycles. The maximum absolute atomic E-state index is 10.8. The van der Waals surface area contributed by atoms with Crippen molar-refractivity contribution in [3.63, 3.8) is 0 Å². The number of esters is 1. The second-order valence-corrected chi connectivity index (χ2v) is 2.85. The van der Waals surface area contributed by atoms with Crippen molar-refractivity contribution in [2.24, 2.45) is 0 Å². The predicted molar refractivity (Wildman–Crippen MR) is 47.2 cm³/mol. The Morgan fingerprint density at radius 3 is 2.31 bits per heavy atom. The van der Waals surface area contributed by atoms with Crippen molar-refractivity contribution in [2.45, 2.75) is 25.7 Å². The zero-order valence-corrected chi connectivity index (χ0v) is 7.84. The van der Waals surface area contributed by atoms with E-state index in [1.165, 1.54) is 0 Å². The Hall–Kier alpha value is -1.03. The van der Waals surface area contributed by atoms with Gasteiger partial charge in [0.2, 0.25) is 0 Å². The molecule has 13 heavy (non-hydrogen) atoms. The van der Waals surface area contributed by atoms with Crippen LogP contribution in [0.1, 0.15) is 25.7 Å². The van der Waals surface area contributed by atoms with Crippen molar-refractivity contribution in [2.75, 3.05) is 0 Å². The van der Waals surface area contributed by atoms with Gasteiger partial charge in [0, 0.05) is 12.8 Å². The minimum Gasteiger partial charge on any atom is -0.481 e. The number of hydrogen-bond donors (Lipinski definition) is 1. The maximum atomic E-state index is 10.8. The molecule has 0 unspecified atom stereocenters. The first kappa shape index (κ1) is 12.0. The van der Waals surface area contributed by atoms with Gasteiger partial charge in [-0.25, -0.2) is 0 Å². The standard InChI is InChI=1S/C8H11ClO4/c1-6(9)13-8(12)5-3-2-4-7(10)11/h1-5H2,(H,10,11). The minimum absolute atomic E-state index is 0.0646. The molecular formula is C8H11ClO4. The number of carboxylic acid groups (broad SMARTS) is 1. The predicted octanol–water partition coefficient (Wildman–Crippen LogP) is 1.88. The molecule has 0 aliphatic carbocycles. The number of ether oxygens (including phenoxy) is 1. The third-order valence-electron chi connectivity index (χ3n) is 1.25. The van der Waals surface area contributed by atoms with Crippen LogP contribution in [-0.2, 0) is 14.3 Å². The highest BCUT2D eigenvalue weighted by Crippen LogP contribution is 2.05. The molecule has 0 rings (SSSR count). The number of unbranched alkanes of at least 4 members (excludes halogenated alkanes) is 1. The van der Waals surface area contributed by atoms with Gasteiger partial charge in [0.15, 0.2) is 5.22 Å². The van der Waals surface area contributed by atoms with Gasteiger partial charge in [0.25, 0.3) is 0 Å². The highest BCUT2D eigenvalue weighted by Gasteiger charge is 2.04. The quantitative estimate of drug-likeness (QED) is 0.410. The van der Waals surface area contributed by atoms with Gasteiger partial charge in [-0.15, -0.1) is 0 Å². The van der Waals surface area contributed by atoms with Crippen molar-refractivity contribution < 1.29 is 19.4 Å². The minimum atomic E-state index is -0.866. The second-order valence-electron chi connectivity index (χ2n) is 2.43. The third kappa shape index (κ3) is 8.88. The number of carbonyl (C=O) groups is 2. The first-order chi connectivity index (χ1) is 6.02. The summed E-state index contributed by atoms with van der Waals surface area (Å²) in [7, 11) is 0. The van der Waals surface area contributed by atoms with Gasteiger partial charge in [-0.2, -0.15) is 0 Å². The Morgan fingerprint density at radius 1 is 1.31 bits per heavy atom. The van der Waals surface area contributed by atoms with E-state index < -0.39 is 11.9 Å². The third-order valence-corrected chi connectivity index (χ3v) is 1.32. The lowest BCUT2D eigenvalue weighted by atomic mass is 10.2. The summed E-state index contributed by atoms with van der Waals surface area (Å²) in [5.74, 6) is -1.35. The molecule has 0 radical (unpaired) electrons. The van der Waals surface area contributed by atoms with Gasteiger partial charge >= 0.3 is 11.9 Å². The van der Waals surface area contributed by atoms with Crippen molar-refractivity contribution in [1.82, 2.24) is 0 Å². The van der Waals surface area contributed by atoms with Crippen LogP contribution < -0.4 is 0 Å². The molecule has 0 saturated heterocycles. The van der Waals surface area contributed by atoms with Crippen molar-refractivity contribution in [3.05, 3.63) is 11.8 Å². The lowest BCUT2D eigenvalue weighted by molar-refractivity contribution is -0.140. The zero-order valence-electron chi connectivity index (χ0n) is 7.09. The van der Waals surface area contributed by atoms with Crippen LogP contribution >= 0.6 is 11.6 Å². The van der Waals surface area contributed by atoms with Gasteiger partial charge in [-0.1, -0.05) is 0 Å². The second kappa shape index (κ2) is 6.48. The summed E-state index contributed by atoms with van der Waals surface area (Å²) in [5, 5.41) is 8.11. The average Bonchev–Trinajstić information content (AvgIpc) is 1.96. The van der Waals surface area contributed by atoms with Crippen LogP contribution in [0.25, 0.3) is 0 Å². The van der Waals surface area contributed by atoms with Gasteiger partial charge in [0.1, 0.15) is 0 Å². The molecule has 0 amide bonds. The Kier molecular flexibility index (Phi) is 5.97. The average molecular weight is 207 g/mol. The van der Waals surface area contributed by atoms with Gasteiger partial charge < -0.3 is 9.84 Å². The summed E-state index contributed by atoms with van der Waals surface area (Å²) < 4.78 is 4.44. The summed E-state index contributed by atoms with van der Waals surface area (Å²) in [5.41, 5.74) is 0. The van der Waals surface area contributed by atoms with Gasteiger partial charge in [0.05, 0.1) is 0 Å². The van der Waals surface area contributed by atoms with E-state index in [4.69, 9.17) is 16.7 Å². The zero-order chi connectivity index (χ0) is 10.3. The topological polar surface area (TPSA) is 63.6 Å². The number of aliphatic carboxylic acids is 1. The van der Waals surface area contributed by atoms with Crippen molar-refractivity contribution >= 4 is 23.5 Å². The van der Waals surface area contributed by atoms with Crippen molar-refractivity contribution in [1.29, 1.82) is 0 Å². The lowest BCUT2D eigenvalue weighted by Crippen LogP contribution is -2.02. The van der Waals surface area contributed by atoms with E-state index in [0.29, 0.717) is 12.8 Å². The first-order valence-electron chi connectivity index (χ1n) is 3.79. The Balaban J connectivity index is 3.37. The smallest absolute Gasteiger partial charge is 0.312 e. The lowest BCUT2D eigenvalue weighted by Gasteiger charge is -1.99. The fraction of sp³-hybridized carbons (Fsp3) is 0.500. The molecule has 5 heteroatoms. The number of halogens is 1. The first-order valence-corrected chi connectivity index (χ1v) is 4.17. The van der Waals surface area contributed by atoms with Crippen LogP contribution in [-0.4, -0.2) is 17.0 Å². The Bertz CT molecular complexity index is 212. The molecule has 74 valence electrons. The van der Waals surface area contributed by atoms with Crippen LogP contribution in [0.15, 0.2) is 11.8 Å². The summed E-state index contributed by atoms with van der Waals surface area (Å²) in [6.45, 7) is 3.18. The molecular weight excluding hydrogens is 196 g/mol. The highest BCUT2D eigenvalue weighted by atomic mass is 35.5. The fourth-order valence-corrected chi connectivity index (χ4v) is 0.806. The Morgan fingerprint density at radius 2 is 1.85 bits per heavy atom. The molecule has 0 bridgehead atoms. The fourth-order valence-electron chi connectivity index (χ4n) is 0.720. The summed E-state index contributed by atoms with van der Waals surface area (Å²) in [6, 6.07) is 0. The molecule has 0 atom stereocenters. The molecule has 0 aliphatic heterocycles. The largest absolute Gasteiger partial charge is 0.481 e. The molecule has 0 spiro atoms. The van der Waals surface area contributed by atoms with Crippen LogP contribution in [0.3, 0.4) is 0 Å². The van der Waals surface area contributed by atoms with E-state index in [1.807, 2.05) is 0 Å². The maximum Gasteiger partial charge on any atom is 0.312 e. The SMILES string of the molecule is C=C(Cl)OC(=O)CCCCC(=O)O. The van der Waals surface area contributed by atoms with Crippen LogP contribution in [0.4, 0.5) is 0 Å². The number of carboxylic acids is 1. The van der Waals surface area contributed by atoms with Crippen LogP contribution in [0.5, 0.6) is 0 Å². The van der Waals surface area contributed by atoms with E-state index in [1.54, 1.807) is 0 Å². The molecule has 0 aromatic rings. The van der Waals surface area contributed by atoms with E-state index in [-0.39, 0.29) is 18.1 Å². The molecule has 0 heterocycles. The van der Waals surface area contributed by atoms with E-state index in [2.05, 4.69) is 11.3 Å². The number of hydrogen-bond acceptors (Lipinski definition) is 3. The summed E-state index contributed by atoms with van der Waals surface area (Å²) >= 11 is 5.20. The monoisotopic (exact) mass is 206 g/mol. The Labute approximate surface area is 81.1 Å². The molecule has 0 aliphatic rings. The van der Waals surface area contributed by atoms with E-state index in [0.717, 1.165) is 0 Å². The van der Waals surface area contributed by atoms with E-state index >= 15 is 0 Å². The normalized spacial score (nSPS) is 9.31. The highest BCUT2D eigenvalue weighted by molar-refractivity contribution is 6.28. The van der Waals surface area contributed by atoms with E-state index in [9.17, 15) is 9.59 Å². The molecule has 1 N–H and O–H groups in total. The molecule has 0 fully saturated rings. The number of carbonyl (C=O) groups excluding carboxylic acids is 1. The molecule has 4 nitrogen and oxygen atoms in total. The van der Waals surface area contributed by atoms with Gasteiger partial charge in [-0.05, 0) is 31.0 Å². The summed E-state index contributed by atoms with van der Waals surface area (Å²) in [4.78, 5) is 20.9.